The Hall–Kier alpha value is -1.08. The fourth-order valence-electron chi connectivity index (χ4n) is 2.47. The number of carbonyl (C=O) groups is 1. The van der Waals surface area contributed by atoms with E-state index in [4.69, 9.17) is 10.00 Å². The molecule has 0 aromatic rings. The van der Waals surface area contributed by atoms with E-state index >= 15 is 0 Å². The molecule has 1 atom stereocenters. The zero-order valence-corrected chi connectivity index (χ0v) is 10.8. The third-order valence-corrected chi connectivity index (χ3v) is 3.30. The summed E-state index contributed by atoms with van der Waals surface area (Å²) < 4.78 is 5.03. The summed E-state index contributed by atoms with van der Waals surface area (Å²) >= 11 is 0. The Kier molecular flexibility index (Phi) is 5.99. The van der Waals surface area contributed by atoms with Crippen LogP contribution in [-0.4, -0.2) is 37.1 Å². The lowest BCUT2D eigenvalue weighted by molar-refractivity contribution is -0.134. The summed E-state index contributed by atoms with van der Waals surface area (Å²) in [6.45, 7) is 2.82. The van der Waals surface area contributed by atoms with Gasteiger partial charge < -0.3 is 9.64 Å². The van der Waals surface area contributed by atoms with Crippen molar-refractivity contribution >= 4 is 5.91 Å². The average molecular weight is 238 g/mol. The van der Waals surface area contributed by atoms with E-state index in [-0.39, 0.29) is 24.4 Å². The Bertz CT molecular complexity index is 280. The first-order valence-electron chi connectivity index (χ1n) is 6.34. The summed E-state index contributed by atoms with van der Waals surface area (Å²) in [5, 5.41) is 8.81. The summed E-state index contributed by atoms with van der Waals surface area (Å²) in [7, 11) is 1.64. The van der Waals surface area contributed by atoms with Crippen molar-refractivity contribution in [2.24, 2.45) is 5.92 Å². The highest BCUT2D eigenvalue weighted by atomic mass is 16.5. The van der Waals surface area contributed by atoms with E-state index in [2.05, 4.69) is 6.07 Å². The maximum Gasteiger partial charge on any atom is 0.224 e. The van der Waals surface area contributed by atoms with Gasteiger partial charge in [0, 0.05) is 26.2 Å². The monoisotopic (exact) mass is 238 g/mol. The topological polar surface area (TPSA) is 53.3 Å². The first-order valence-corrected chi connectivity index (χ1v) is 6.34. The van der Waals surface area contributed by atoms with E-state index in [1.54, 1.807) is 12.0 Å². The first-order chi connectivity index (χ1) is 8.19. The molecule has 1 amide bonds. The summed E-state index contributed by atoms with van der Waals surface area (Å²) in [5.41, 5.74) is 0. The van der Waals surface area contributed by atoms with E-state index in [1.807, 2.05) is 6.92 Å². The predicted molar refractivity (Wildman–Crippen MR) is 65.2 cm³/mol. The Balaban J connectivity index is 2.51. The summed E-state index contributed by atoms with van der Waals surface area (Å²) in [6, 6.07) is 2.39. The van der Waals surface area contributed by atoms with Crippen LogP contribution in [-0.2, 0) is 9.53 Å². The maximum atomic E-state index is 12.1. The summed E-state index contributed by atoms with van der Waals surface area (Å²) in [6.07, 6.45) is 4.92. The van der Waals surface area contributed by atoms with Crippen molar-refractivity contribution in [3.05, 3.63) is 0 Å². The van der Waals surface area contributed by atoms with Crippen LogP contribution >= 0.6 is 0 Å². The molecule has 17 heavy (non-hydrogen) atoms. The molecule has 1 aliphatic rings. The lowest BCUT2D eigenvalue weighted by Gasteiger charge is -2.27. The molecule has 1 aliphatic carbocycles. The van der Waals surface area contributed by atoms with Crippen LogP contribution in [0, 0.1) is 17.2 Å². The van der Waals surface area contributed by atoms with Crippen LogP contribution in [0.2, 0.25) is 0 Å². The fraction of sp³-hybridized carbons (Fsp3) is 0.846. The minimum Gasteiger partial charge on any atom is -0.384 e. The largest absolute Gasteiger partial charge is 0.384 e. The van der Waals surface area contributed by atoms with Crippen molar-refractivity contribution in [1.29, 1.82) is 5.26 Å². The van der Waals surface area contributed by atoms with Gasteiger partial charge in [-0.15, -0.1) is 0 Å². The van der Waals surface area contributed by atoms with Crippen LogP contribution in [0.1, 0.15) is 39.0 Å². The number of amides is 1. The van der Waals surface area contributed by atoms with Crippen molar-refractivity contribution in [1.82, 2.24) is 4.90 Å². The molecule has 1 fully saturated rings. The number of ether oxygens (including phenoxy) is 1. The zero-order chi connectivity index (χ0) is 12.7. The highest BCUT2D eigenvalue weighted by molar-refractivity contribution is 5.77. The molecule has 0 bridgehead atoms. The molecule has 96 valence electrons. The van der Waals surface area contributed by atoms with Crippen LogP contribution in [0.15, 0.2) is 0 Å². The molecule has 0 aromatic carbocycles. The third-order valence-electron chi connectivity index (χ3n) is 3.30. The molecular weight excluding hydrogens is 216 g/mol. The molecule has 0 saturated heterocycles. The normalized spacial score (nSPS) is 17.7. The lowest BCUT2D eigenvalue weighted by Crippen LogP contribution is -2.40. The minimum absolute atomic E-state index is 0.100. The van der Waals surface area contributed by atoms with Gasteiger partial charge in [-0.1, -0.05) is 19.8 Å². The Morgan fingerprint density at radius 1 is 1.53 bits per heavy atom. The van der Waals surface area contributed by atoms with Gasteiger partial charge in [-0.3, -0.25) is 4.79 Å². The van der Waals surface area contributed by atoms with Gasteiger partial charge in [0.1, 0.15) is 6.54 Å². The molecule has 0 aromatic heterocycles. The van der Waals surface area contributed by atoms with Gasteiger partial charge in [-0.2, -0.15) is 5.26 Å². The zero-order valence-electron chi connectivity index (χ0n) is 10.8. The van der Waals surface area contributed by atoms with Crippen LogP contribution < -0.4 is 0 Å². The van der Waals surface area contributed by atoms with E-state index in [0.717, 1.165) is 12.8 Å². The highest BCUT2D eigenvalue weighted by Gasteiger charge is 2.26. The van der Waals surface area contributed by atoms with Gasteiger partial charge in [-0.25, -0.2) is 0 Å². The average Bonchev–Trinajstić information content (AvgIpc) is 2.79. The Morgan fingerprint density at radius 3 is 2.71 bits per heavy atom. The quantitative estimate of drug-likeness (QED) is 0.665. The number of carbonyl (C=O) groups excluding carboxylic acids is 1. The number of hydrogen-bond acceptors (Lipinski definition) is 3. The van der Waals surface area contributed by atoms with Crippen LogP contribution in [0.25, 0.3) is 0 Å². The van der Waals surface area contributed by atoms with Crippen molar-refractivity contribution < 1.29 is 9.53 Å². The summed E-state index contributed by atoms with van der Waals surface area (Å²) in [5.74, 6) is 0.318. The molecule has 0 heterocycles. The number of methoxy groups -OCH3 is 1. The second-order valence-electron chi connectivity index (χ2n) is 4.88. The number of nitriles is 1. The molecule has 0 aliphatic heterocycles. The van der Waals surface area contributed by atoms with E-state index in [9.17, 15) is 4.79 Å². The van der Waals surface area contributed by atoms with Gasteiger partial charge in [0.2, 0.25) is 5.91 Å². The van der Waals surface area contributed by atoms with Crippen molar-refractivity contribution in [2.75, 3.05) is 20.3 Å². The van der Waals surface area contributed by atoms with E-state index in [0.29, 0.717) is 13.0 Å². The third kappa shape index (κ3) is 4.35. The Morgan fingerprint density at radius 2 is 2.18 bits per heavy atom. The second-order valence-corrected chi connectivity index (χ2v) is 4.88. The molecule has 1 unspecified atom stereocenters. The molecule has 0 spiro atoms. The van der Waals surface area contributed by atoms with Gasteiger partial charge in [-0.05, 0) is 18.8 Å². The van der Waals surface area contributed by atoms with Crippen molar-refractivity contribution in [3.63, 3.8) is 0 Å². The number of rotatable bonds is 6. The molecule has 4 nitrogen and oxygen atoms in total. The van der Waals surface area contributed by atoms with Crippen LogP contribution in [0.5, 0.6) is 0 Å². The maximum absolute atomic E-state index is 12.1. The fourth-order valence-corrected chi connectivity index (χ4v) is 2.47. The van der Waals surface area contributed by atoms with E-state index < -0.39 is 0 Å². The number of nitrogens with zero attached hydrogens (tertiary/aromatic N) is 2. The molecule has 0 radical (unpaired) electrons. The standard InChI is InChI=1S/C13H22N2O2/c1-11(10-17-2)9-13(16)15(8-7-14)12-5-3-4-6-12/h11-12H,3-6,8-10H2,1-2H3. The molecule has 4 heteroatoms. The summed E-state index contributed by atoms with van der Waals surface area (Å²) in [4.78, 5) is 13.9. The van der Waals surface area contributed by atoms with Gasteiger partial charge in [0.25, 0.3) is 0 Å². The molecule has 0 N–H and O–H groups in total. The lowest BCUT2D eigenvalue weighted by atomic mass is 10.1. The SMILES string of the molecule is COCC(C)CC(=O)N(CC#N)C1CCCC1. The van der Waals surface area contributed by atoms with Crippen molar-refractivity contribution in [2.45, 2.75) is 45.1 Å². The van der Waals surface area contributed by atoms with Gasteiger partial charge in [0.15, 0.2) is 0 Å². The van der Waals surface area contributed by atoms with Crippen LogP contribution in [0.4, 0.5) is 0 Å². The second kappa shape index (κ2) is 7.29. The molecule has 1 saturated carbocycles. The smallest absolute Gasteiger partial charge is 0.224 e. The minimum atomic E-state index is 0.100. The predicted octanol–water partition coefficient (Wildman–Crippen LogP) is 1.95. The van der Waals surface area contributed by atoms with Gasteiger partial charge >= 0.3 is 0 Å². The Labute approximate surface area is 104 Å². The van der Waals surface area contributed by atoms with Crippen LogP contribution in [0.3, 0.4) is 0 Å². The number of hydrogen-bond donors (Lipinski definition) is 0. The van der Waals surface area contributed by atoms with Crippen molar-refractivity contribution in [3.8, 4) is 6.07 Å². The highest BCUT2D eigenvalue weighted by Crippen LogP contribution is 2.24. The van der Waals surface area contributed by atoms with E-state index in [1.165, 1.54) is 12.8 Å². The molecular formula is C13H22N2O2. The molecule has 1 rings (SSSR count). The van der Waals surface area contributed by atoms with Gasteiger partial charge in [0.05, 0.1) is 6.07 Å². The first kappa shape index (κ1) is 14.0.